The summed E-state index contributed by atoms with van der Waals surface area (Å²) in [7, 11) is 0. The second-order valence-corrected chi connectivity index (χ2v) is 14.3. The highest BCUT2D eigenvalue weighted by molar-refractivity contribution is 5.65. The third kappa shape index (κ3) is 10.1. The quantitative estimate of drug-likeness (QED) is 0.228. The number of nitriles is 1. The Morgan fingerprint density at radius 3 is 2.16 bits per heavy atom. The SMILES string of the molecule is C=C(CCC(CCC)(CCCC)c1ccc(-c2cccc(C#N)c2)cc1)Nc1ccc(C)c(C(C)(C)C)c1.CC1CCCC1. The second kappa shape index (κ2) is 16.7. The maximum absolute atomic E-state index is 9.30. The minimum Gasteiger partial charge on any atom is -0.359 e. The van der Waals surface area contributed by atoms with Gasteiger partial charge in [0.2, 0.25) is 0 Å². The minimum atomic E-state index is 0.113. The Morgan fingerprint density at radius 2 is 1.59 bits per heavy atom. The number of anilines is 1. The van der Waals surface area contributed by atoms with Gasteiger partial charge in [0.05, 0.1) is 11.6 Å². The van der Waals surface area contributed by atoms with Crippen molar-refractivity contribution in [1.82, 2.24) is 0 Å². The molecule has 0 aliphatic heterocycles. The molecule has 1 saturated carbocycles. The molecule has 2 heteroatoms. The van der Waals surface area contributed by atoms with Gasteiger partial charge in [-0.2, -0.15) is 5.26 Å². The topological polar surface area (TPSA) is 35.8 Å². The number of allylic oxidation sites excluding steroid dienone is 1. The summed E-state index contributed by atoms with van der Waals surface area (Å²) in [5.74, 6) is 1.05. The van der Waals surface area contributed by atoms with Crippen LogP contribution in [-0.4, -0.2) is 0 Å². The van der Waals surface area contributed by atoms with Gasteiger partial charge in [-0.3, -0.25) is 0 Å². The lowest BCUT2D eigenvalue weighted by molar-refractivity contribution is 0.324. The molecule has 44 heavy (non-hydrogen) atoms. The number of unbranched alkanes of at least 4 members (excludes halogenated alkanes) is 1. The lowest BCUT2D eigenvalue weighted by Gasteiger charge is -2.35. The van der Waals surface area contributed by atoms with Crippen LogP contribution in [0.1, 0.15) is 134 Å². The summed E-state index contributed by atoms with van der Waals surface area (Å²) in [6.07, 6.45) is 13.9. The first-order valence-electron chi connectivity index (χ1n) is 17.2. The van der Waals surface area contributed by atoms with E-state index in [0.29, 0.717) is 5.56 Å². The van der Waals surface area contributed by atoms with Crippen molar-refractivity contribution < 1.29 is 0 Å². The summed E-state index contributed by atoms with van der Waals surface area (Å²) >= 11 is 0. The van der Waals surface area contributed by atoms with Crippen molar-refractivity contribution in [2.75, 3.05) is 5.32 Å². The van der Waals surface area contributed by atoms with E-state index in [0.717, 1.165) is 47.7 Å². The molecule has 1 N–H and O–H groups in total. The summed E-state index contributed by atoms with van der Waals surface area (Å²) in [4.78, 5) is 0. The fourth-order valence-corrected chi connectivity index (χ4v) is 6.88. The Morgan fingerprint density at radius 1 is 0.886 bits per heavy atom. The van der Waals surface area contributed by atoms with Crippen molar-refractivity contribution in [3.63, 3.8) is 0 Å². The van der Waals surface area contributed by atoms with Crippen molar-refractivity contribution in [3.8, 4) is 17.2 Å². The van der Waals surface area contributed by atoms with E-state index in [1.54, 1.807) is 0 Å². The number of rotatable bonds is 12. The van der Waals surface area contributed by atoms with Crippen LogP contribution in [-0.2, 0) is 10.8 Å². The van der Waals surface area contributed by atoms with Gasteiger partial charge in [-0.25, -0.2) is 0 Å². The smallest absolute Gasteiger partial charge is 0.0991 e. The van der Waals surface area contributed by atoms with Gasteiger partial charge in [0, 0.05) is 11.4 Å². The van der Waals surface area contributed by atoms with Crippen LogP contribution in [0, 0.1) is 24.2 Å². The molecule has 3 aromatic carbocycles. The van der Waals surface area contributed by atoms with Crippen LogP contribution in [0.25, 0.3) is 11.1 Å². The molecule has 2 nitrogen and oxygen atoms in total. The van der Waals surface area contributed by atoms with Crippen LogP contribution < -0.4 is 5.32 Å². The number of hydrogen-bond acceptors (Lipinski definition) is 2. The standard InChI is InChI=1S/C36H46N2.C6H12/c1-8-10-22-36(21-9-2,32-17-15-30(16-18-32)31-13-11-12-29(24-31)26-37)23-20-28(4)38-33-19-14-27(3)34(25-33)35(5,6)7;1-6-4-2-3-5-6/h11-19,24-25,38H,4,8-10,20-23H2,1-3,5-7H3;6H,2-5H2,1H3. The first kappa shape index (κ1) is 35.2. The predicted molar refractivity (Wildman–Crippen MR) is 192 cm³/mol. The van der Waals surface area contributed by atoms with Crippen LogP contribution in [0.2, 0.25) is 0 Å². The second-order valence-electron chi connectivity index (χ2n) is 14.3. The average Bonchev–Trinajstić information content (AvgIpc) is 3.50. The molecular formula is C42H58N2. The predicted octanol–water partition coefficient (Wildman–Crippen LogP) is 12.7. The van der Waals surface area contributed by atoms with Crippen molar-refractivity contribution in [3.05, 3.63) is 101 Å². The van der Waals surface area contributed by atoms with Crippen LogP contribution in [0.15, 0.2) is 79.0 Å². The molecule has 1 fully saturated rings. The van der Waals surface area contributed by atoms with E-state index in [1.165, 1.54) is 68.1 Å². The molecular weight excluding hydrogens is 532 g/mol. The Kier molecular flexibility index (Phi) is 13.3. The molecule has 236 valence electrons. The molecule has 4 rings (SSSR count). The van der Waals surface area contributed by atoms with Gasteiger partial charge in [0.25, 0.3) is 0 Å². The summed E-state index contributed by atoms with van der Waals surface area (Å²) in [5.41, 5.74) is 9.53. The molecule has 0 aromatic heterocycles. The van der Waals surface area contributed by atoms with E-state index in [1.807, 2.05) is 18.2 Å². The van der Waals surface area contributed by atoms with Gasteiger partial charge < -0.3 is 5.32 Å². The van der Waals surface area contributed by atoms with Gasteiger partial charge in [0.1, 0.15) is 0 Å². The van der Waals surface area contributed by atoms with Crippen molar-refractivity contribution in [2.24, 2.45) is 5.92 Å². The van der Waals surface area contributed by atoms with Crippen molar-refractivity contribution in [2.45, 2.75) is 130 Å². The molecule has 0 amide bonds. The fourth-order valence-electron chi connectivity index (χ4n) is 6.88. The Hall–Kier alpha value is -3.31. The van der Waals surface area contributed by atoms with E-state index in [2.05, 4.69) is 115 Å². The maximum Gasteiger partial charge on any atom is 0.0991 e. The van der Waals surface area contributed by atoms with Gasteiger partial charge in [0.15, 0.2) is 0 Å². The van der Waals surface area contributed by atoms with Gasteiger partial charge in [-0.1, -0.05) is 136 Å². The van der Waals surface area contributed by atoms with Crippen LogP contribution >= 0.6 is 0 Å². The normalized spacial score (nSPS) is 14.7. The summed E-state index contributed by atoms with van der Waals surface area (Å²) in [5, 5.41) is 12.9. The van der Waals surface area contributed by atoms with Crippen LogP contribution in [0.5, 0.6) is 0 Å². The van der Waals surface area contributed by atoms with E-state index >= 15 is 0 Å². The van der Waals surface area contributed by atoms with Crippen LogP contribution in [0.3, 0.4) is 0 Å². The zero-order valence-electron chi connectivity index (χ0n) is 28.9. The molecule has 0 heterocycles. The maximum atomic E-state index is 9.30. The Bertz CT molecular complexity index is 1360. The third-order valence-corrected chi connectivity index (χ3v) is 9.48. The summed E-state index contributed by atoms with van der Waals surface area (Å²) in [6, 6.07) is 25.9. The van der Waals surface area contributed by atoms with Gasteiger partial charge in [-0.15, -0.1) is 0 Å². The molecule has 1 aliphatic rings. The summed E-state index contributed by atoms with van der Waals surface area (Å²) in [6.45, 7) is 20.4. The molecule has 1 unspecified atom stereocenters. The van der Waals surface area contributed by atoms with E-state index in [4.69, 9.17) is 0 Å². The highest BCUT2D eigenvalue weighted by Crippen LogP contribution is 2.41. The molecule has 0 saturated heterocycles. The molecule has 3 aromatic rings. The monoisotopic (exact) mass is 590 g/mol. The minimum absolute atomic E-state index is 0.113. The zero-order chi connectivity index (χ0) is 32.2. The zero-order valence-corrected chi connectivity index (χ0v) is 28.9. The van der Waals surface area contributed by atoms with Gasteiger partial charge in [-0.05, 0) is 101 Å². The average molecular weight is 591 g/mol. The first-order chi connectivity index (χ1) is 21.0. The molecule has 0 bridgehead atoms. The number of hydrogen-bond donors (Lipinski definition) is 1. The first-order valence-corrected chi connectivity index (χ1v) is 17.2. The van der Waals surface area contributed by atoms with E-state index in [9.17, 15) is 5.26 Å². The highest BCUT2D eigenvalue weighted by atomic mass is 14.9. The molecule has 1 atom stereocenters. The van der Waals surface area contributed by atoms with Crippen molar-refractivity contribution in [1.29, 1.82) is 5.26 Å². The van der Waals surface area contributed by atoms with Crippen molar-refractivity contribution >= 4 is 5.69 Å². The molecule has 0 spiro atoms. The van der Waals surface area contributed by atoms with Crippen LogP contribution in [0.4, 0.5) is 5.69 Å². The van der Waals surface area contributed by atoms with E-state index < -0.39 is 0 Å². The number of nitrogens with zero attached hydrogens (tertiary/aromatic N) is 1. The van der Waals surface area contributed by atoms with E-state index in [-0.39, 0.29) is 10.8 Å². The molecule has 1 aliphatic carbocycles. The number of benzene rings is 3. The third-order valence-electron chi connectivity index (χ3n) is 9.48. The summed E-state index contributed by atoms with van der Waals surface area (Å²) < 4.78 is 0. The largest absolute Gasteiger partial charge is 0.359 e. The molecule has 0 radical (unpaired) electrons. The number of nitrogens with one attached hydrogen (secondary N) is 1. The number of aryl methyl sites for hydroxylation is 1. The lowest BCUT2D eigenvalue weighted by atomic mass is 9.69. The lowest BCUT2D eigenvalue weighted by Crippen LogP contribution is -2.27. The fraction of sp³-hybridized carbons (Fsp3) is 0.500. The highest BCUT2D eigenvalue weighted by Gasteiger charge is 2.31. The van der Waals surface area contributed by atoms with Gasteiger partial charge >= 0.3 is 0 Å². The Labute approximate surface area is 270 Å². The Balaban J connectivity index is 0.000000785.